The molecule has 0 saturated carbocycles. The maximum Gasteiger partial charge on any atom is 0.141 e. The molecule has 0 unspecified atom stereocenters. The number of aromatic nitrogens is 2. The Labute approximate surface area is 144 Å². The van der Waals surface area contributed by atoms with E-state index in [1.54, 1.807) is 17.7 Å². The summed E-state index contributed by atoms with van der Waals surface area (Å²) in [6, 6.07) is 8.54. The molecule has 1 atom stereocenters. The van der Waals surface area contributed by atoms with Crippen molar-refractivity contribution in [3.8, 4) is 11.1 Å². The Hall–Kier alpha value is -1.65. The molecule has 3 aromatic rings. The van der Waals surface area contributed by atoms with Crippen molar-refractivity contribution >= 4 is 39.0 Å². The molecule has 1 aromatic carbocycles. The van der Waals surface area contributed by atoms with Crippen molar-refractivity contribution in [2.45, 2.75) is 32.2 Å². The maximum absolute atomic E-state index is 6.03. The van der Waals surface area contributed by atoms with Gasteiger partial charge in [-0.3, -0.25) is 0 Å². The summed E-state index contributed by atoms with van der Waals surface area (Å²) in [6.07, 6.45) is 5.46. The van der Waals surface area contributed by atoms with Crippen molar-refractivity contribution in [2.24, 2.45) is 0 Å². The fraction of sp³-hybridized carbons (Fsp3) is 0.333. The Bertz CT molecular complexity index is 828. The first-order valence-electron chi connectivity index (χ1n) is 7.99. The van der Waals surface area contributed by atoms with E-state index in [4.69, 9.17) is 11.6 Å². The molecule has 2 aromatic heterocycles. The monoisotopic (exact) mass is 343 g/mol. The second-order valence-electron chi connectivity index (χ2n) is 6.07. The van der Waals surface area contributed by atoms with Gasteiger partial charge in [-0.1, -0.05) is 23.7 Å². The number of hydrogen-bond donors (Lipinski definition) is 0. The molecule has 0 N–H and O–H groups in total. The summed E-state index contributed by atoms with van der Waals surface area (Å²) in [6.45, 7) is 3.37. The van der Waals surface area contributed by atoms with E-state index in [9.17, 15) is 0 Å². The van der Waals surface area contributed by atoms with Crippen LogP contribution >= 0.6 is 22.9 Å². The van der Waals surface area contributed by atoms with E-state index < -0.39 is 0 Å². The largest absolute Gasteiger partial charge is 0.353 e. The van der Waals surface area contributed by atoms with E-state index in [2.05, 4.69) is 39.3 Å². The molecule has 0 spiro atoms. The van der Waals surface area contributed by atoms with Gasteiger partial charge in [0, 0.05) is 28.6 Å². The van der Waals surface area contributed by atoms with Crippen molar-refractivity contribution in [2.75, 3.05) is 11.4 Å². The molecule has 0 radical (unpaired) electrons. The highest BCUT2D eigenvalue weighted by molar-refractivity contribution is 7.17. The van der Waals surface area contributed by atoms with E-state index >= 15 is 0 Å². The number of piperidine rings is 1. The van der Waals surface area contributed by atoms with Crippen LogP contribution in [0.2, 0.25) is 5.02 Å². The Morgan fingerprint density at radius 2 is 2.00 bits per heavy atom. The van der Waals surface area contributed by atoms with E-state index in [1.165, 1.54) is 35.8 Å². The molecule has 1 aliphatic rings. The van der Waals surface area contributed by atoms with Crippen molar-refractivity contribution in [3.05, 3.63) is 41.0 Å². The Kier molecular flexibility index (Phi) is 3.95. The van der Waals surface area contributed by atoms with Gasteiger partial charge >= 0.3 is 0 Å². The zero-order valence-electron chi connectivity index (χ0n) is 13.0. The second-order valence-corrected chi connectivity index (χ2v) is 7.37. The van der Waals surface area contributed by atoms with Crippen LogP contribution in [0.4, 0.5) is 5.82 Å². The van der Waals surface area contributed by atoms with Crippen LogP contribution in [0, 0.1) is 0 Å². The summed E-state index contributed by atoms with van der Waals surface area (Å²) in [7, 11) is 0. The van der Waals surface area contributed by atoms with E-state index in [1.807, 2.05) is 12.1 Å². The molecule has 1 saturated heterocycles. The van der Waals surface area contributed by atoms with Crippen LogP contribution in [0.3, 0.4) is 0 Å². The standard InChI is InChI=1S/C18H18ClN3S/c1-12-4-2-3-9-22(12)17-16-15(10-23-18(16)21-11-20-17)13-5-7-14(19)8-6-13/h5-8,10-12H,2-4,9H2,1H3/t12-/m0/s1. The summed E-state index contributed by atoms with van der Waals surface area (Å²) in [5, 5.41) is 4.11. The summed E-state index contributed by atoms with van der Waals surface area (Å²) >= 11 is 7.71. The molecule has 0 amide bonds. The van der Waals surface area contributed by atoms with Gasteiger partial charge in [-0.05, 0) is 43.9 Å². The van der Waals surface area contributed by atoms with Crippen LogP contribution < -0.4 is 4.90 Å². The normalized spacial score (nSPS) is 18.5. The lowest BCUT2D eigenvalue weighted by Gasteiger charge is -2.34. The van der Waals surface area contributed by atoms with Gasteiger partial charge in [-0.25, -0.2) is 9.97 Å². The first kappa shape index (κ1) is 14.9. The van der Waals surface area contributed by atoms with E-state index in [0.29, 0.717) is 6.04 Å². The summed E-state index contributed by atoms with van der Waals surface area (Å²) in [5.74, 6) is 1.08. The molecule has 0 bridgehead atoms. The predicted octanol–water partition coefficient (Wildman–Crippen LogP) is 5.39. The maximum atomic E-state index is 6.03. The number of thiophene rings is 1. The van der Waals surface area contributed by atoms with Gasteiger partial charge in [0.25, 0.3) is 0 Å². The number of rotatable bonds is 2. The quantitative estimate of drug-likeness (QED) is 0.624. The van der Waals surface area contributed by atoms with E-state index in [-0.39, 0.29) is 0 Å². The molecule has 118 valence electrons. The first-order chi connectivity index (χ1) is 11.2. The lowest BCUT2D eigenvalue weighted by molar-refractivity contribution is 0.482. The summed E-state index contributed by atoms with van der Waals surface area (Å²) in [5.41, 5.74) is 2.37. The topological polar surface area (TPSA) is 29.0 Å². The number of hydrogen-bond acceptors (Lipinski definition) is 4. The fourth-order valence-corrected chi connectivity index (χ4v) is 4.37. The van der Waals surface area contributed by atoms with Gasteiger partial charge in [-0.15, -0.1) is 11.3 Å². The summed E-state index contributed by atoms with van der Waals surface area (Å²) in [4.78, 5) is 12.6. The fourth-order valence-electron chi connectivity index (χ4n) is 3.33. The molecule has 1 fully saturated rings. The third kappa shape index (κ3) is 2.70. The molecule has 5 heteroatoms. The molecule has 23 heavy (non-hydrogen) atoms. The van der Waals surface area contributed by atoms with Crippen LogP contribution in [-0.4, -0.2) is 22.6 Å². The highest BCUT2D eigenvalue weighted by atomic mass is 35.5. The summed E-state index contributed by atoms with van der Waals surface area (Å²) < 4.78 is 0. The highest BCUT2D eigenvalue weighted by Crippen LogP contribution is 2.39. The third-order valence-corrected chi connectivity index (χ3v) is 5.72. The van der Waals surface area contributed by atoms with Crippen LogP contribution in [0.5, 0.6) is 0 Å². The number of nitrogens with zero attached hydrogens (tertiary/aromatic N) is 3. The molecular formula is C18H18ClN3S. The van der Waals surface area contributed by atoms with Gasteiger partial charge in [0.2, 0.25) is 0 Å². The minimum Gasteiger partial charge on any atom is -0.353 e. The smallest absolute Gasteiger partial charge is 0.141 e. The van der Waals surface area contributed by atoms with Crippen LogP contribution in [-0.2, 0) is 0 Å². The van der Waals surface area contributed by atoms with Gasteiger partial charge in [0.05, 0.1) is 5.39 Å². The first-order valence-corrected chi connectivity index (χ1v) is 9.24. The van der Waals surface area contributed by atoms with Crippen molar-refractivity contribution in [3.63, 3.8) is 0 Å². The second kappa shape index (κ2) is 6.10. The Morgan fingerprint density at radius 3 is 2.78 bits per heavy atom. The van der Waals surface area contributed by atoms with Gasteiger partial charge in [0.15, 0.2) is 0 Å². The lowest BCUT2D eigenvalue weighted by Crippen LogP contribution is -2.38. The Morgan fingerprint density at radius 1 is 1.17 bits per heavy atom. The molecule has 0 aliphatic carbocycles. The molecule has 3 nitrogen and oxygen atoms in total. The number of fused-ring (bicyclic) bond motifs is 1. The van der Waals surface area contributed by atoms with Gasteiger partial charge < -0.3 is 4.90 Å². The predicted molar refractivity (Wildman–Crippen MR) is 98.5 cm³/mol. The van der Waals surface area contributed by atoms with E-state index in [0.717, 1.165) is 22.2 Å². The molecule has 3 heterocycles. The minimum absolute atomic E-state index is 0.528. The Balaban J connectivity index is 1.88. The van der Waals surface area contributed by atoms with Crippen LogP contribution in [0.1, 0.15) is 26.2 Å². The number of halogens is 1. The van der Waals surface area contributed by atoms with Crippen molar-refractivity contribution in [1.29, 1.82) is 0 Å². The van der Waals surface area contributed by atoms with Gasteiger partial charge in [0.1, 0.15) is 17.0 Å². The minimum atomic E-state index is 0.528. The van der Waals surface area contributed by atoms with Crippen molar-refractivity contribution in [1.82, 2.24) is 9.97 Å². The number of benzene rings is 1. The SMILES string of the molecule is C[C@H]1CCCCN1c1ncnc2scc(-c3ccc(Cl)cc3)c12. The zero-order valence-corrected chi connectivity index (χ0v) is 14.6. The average Bonchev–Trinajstić information content (AvgIpc) is 3.00. The number of anilines is 1. The third-order valence-electron chi connectivity index (χ3n) is 4.58. The average molecular weight is 344 g/mol. The van der Waals surface area contributed by atoms with Crippen LogP contribution in [0.15, 0.2) is 36.0 Å². The van der Waals surface area contributed by atoms with Crippen molar-refractivity contribution < 1.29 is 0 Å². The van der Waals surface area contributed by atoms with Crippen LogP contribution in [0.25, 0.3) is 21.3 Å². The highest BCUT2D eigenvalue weighted by Gasteiger charge is 2.23. The molecule has 1 aliphatic heterocycles. The molecular weight excluding hydrogens is 326 g/mol. The molecule has 4 rings (SSSR count). The zero-order chi connectivity index (χ0) is 15.8. The van der Waals surface area contributed by atoms with Gasteiger partial charge in [-0.2, -0.15) is 0 Å². The lowest BCUT2D eigenvalue weighted by atomic mass is 10.0.